The van der Waals surface area contributed by atoms with E-state index in [4.69, 9.17) is 17.3 Å². The van der Waals surface area contributed by atoms with Crippen molar-refractivity contribution in [3.63, 3.8) is 0 Å². The number of sulfone groups is 1. The van der Waals surface area contributed by atoms with Gasteiger partial charge in [0.2, 0.25) is 15.0 Å². The van der Waals surface area contributed by atoms with E-state index in [9.17, 15) is 8.42 Å². The first-order valence-electron chi connectivity index (χ1n) is 7.77. The number of halogens is 2. The molecule has 9 heteroatoms. The van der Waals surface area contributed by atoms with E-state index < -0.39 is 20.8 Å². The van der Waals surface area contributed by atoms with Gasteiger partial charge in [-0.1, -0.05) is 41.9 Å². The number of rotatable bonds is 2. The molecule has 0 spiro atoms. The van der Waals surface area contributed by atoms with Gasteiger partial charge in [-0.05, 0) is 11.5 Å². The second-order valence-electron chi connectivity index (χ2n) is 5.99. The molecule has 0 aliphatic rings. The molecular formula is C18H12ClFN4O2S. The van der Waals surface area contributed by atoms with Crippen LogP contribution in [0.15, 0.2) is 47.8 Å². The zero-order valence-electron chi connectivity index (χ0n) is 13.9. The summed E-state index contributed by atoms with van der Waals surface area (Å²) in [5.41, 5.74) is 6.04. The van der Waals surface area contributed by atoms with E-state index in [1.807, 2.05) is 12.1 Å². The van der Waals surface area contributed by atoms with Crippen molar-refractivity contribution < 1.29 is 12.8 Å². The summed E-state index contributed by atoms with van der Waals surface area (Å²) in [5, 5.41) is 1.50. The van der Waals surface area contributed by atoms with E-state index in [1.54, 1.807) is 24.3 Å². The van der Waals surface area contributed by atoms with Crippen molar-refractivity contribution in [3.8, 4) is 11.3 Å². The van der Waals surface area contributed by atoms with Gasteiger partial charge in [0.05, 0.1) is 5.39 Å². The van der Waals surface area contributed by atoms with Gasteiger partial charge in [-0.25, -0.2) is 22.8 Å². The molecule has 0 fully saturated rings. The third kappa shape index (κ3) is 2.87. The van der Waals surface area contributed by atoms with Gasteiger partial charge in [0.15, 0.2) is 5.82 Å². The van der Waals surface area contributed by atoms with Crippen LogP contribution in [0, 0.1) is 5.82 Å². The molecule has 0 bridgehead atoms. The van der Waals surface area contributed by atoms with Crippen LogP contribution in [0.4, 0.5) is 10.2 Å². The summed E-state index contributed by atoms with van der Waals surface area (Å²) in [6.07, 6.45) is 2.25. The van der Waals surface area contributed by atoms with Crippen molar-refractivity contribution in [2.24, 2.45) is 0 Å². The normalized spacial score (nSPS) is 12.0. The fourth-order valence-corrected chi connectivity index (χ4v) is 3.71. The van der Waals surface area contributed by atoms with Crippen LogP contribution in [-0.4, -0.2) is 29.6 Å². The smallest absolute Gasteiger partial charge is 0.249 e. The second kappa shape index (κ2) is 6.11. The average Bonchev–Trinajstić information content (AvgIpc) is 2.61. The second-order valence-corrected chi connectivity index (χ2v) is 8.31. The lowest BCUT2D eigenvalue weighted by Gasteiger charge is -2.11. The van der Waals surface area contributed by atoms with Crippen LogP contribution in [0.1, 0.15) is 0 Å². The molecule has 27 heavy (non-hydrogen) atoms. The van der Waals surface area contributed by atoms with Gasteiger partial charge in [-0.2, -0.15) is 0 Å². The highest BCUT2D eigenvalue weighted by Crippen LogP contribution is 2.36. The molecule has 0 radical (unpaired) electrons. The molecule has 4 aromatic rings. The van der Waals surface area contributed by atoms with Crippen LogP contribution in [0.3, 0.4) is 0 Å². The maximum Gasteiger partial charge on any atom is 0.249 e. The molecule has 0 unspecified atom stereocenters. The highest BCUT2D eigenvalue weighted by molar-refractivity contribution is 7.90. The zero-order valence-corrected chi connectivity index (χ0v) is 15.5. The minimum atomic E-state index is -3.76. The van der Waals surface area contributed by atoms with Gasteiger partial charge in [-0.3, -0.25) is 4.98 Å². The Balaban J connectivity index is 2.09. The van der Waals surface area contributed by atoms with Crippen LogP contribution in [0.2, 0.25) is 5.02 Å². The van der Waals surface area contributed by atoms with Crippen molar-refractivity contribution in [2.45, 2.75) is 5.16 Å². The topological polar surface area (TPSA) is 98.8 Å². The first kappa shape index (κ1) is 17.6. The molecule has 4 rings (SSSR count). The Bertz CT molecular complexity index is 1340. The molecule has 2 aromatic heterocycles. The monoisotopic (exact) mass is 402 g/mol. The van der Waals surface area contributed by atoms with Crippen molar-refractivity contribution in [1.82, 2.24) is 15.0 Å². The molecule has 2 N–H and O–H groups in total. The van der Waals surface area contributed by atoms with Gasteiger partial charge in [0.1, 0.15) is 17.0 Å². The Morgan fingerprint density at radius 1 is 1.11 bits per heavy atom. The van der Waals surface area contributed by atoms with E-state index >= 15 is 4.39 Å². The Morgan fingerprint density at radius 2 is 1.81 bits per heavy atom. The molecule has 0 saturated heterocycles. The zero-order chi connectivity index (χ0) is 19.3. The lowest BCUT2D eigenvalue weighted by Crippen LogP contribution is -2.08. The van der Waals surface area contributed by atoms with E-state index in [0.717, 1.165) is 11.6 Å². The van der Waals surface area contributed by atoms with E-state index in [-0.39, 0.29) is 22.4 Å². The molecule has 0 atom stereocenters. The third-order valence-corrected chi connectivity index (χ3v) is 5.29. The molecule has 2 aromatic carbocycles. The maximum absolute atomic E-state index is 15.3. The molecule has 136 valence electrons. The number of aromatic nitrogens is 3. The first-order valence-corrected chi connectivity index (χ1v) is 10.0. The lowest BCUT2D eigenvalue weighted by atomic mass is 10.0. The third-order valence-electron chi connectivity index (χ3n) is 4.13. The van der Waals surface area contributed by atoms with Crippen LogP contribution in [0.5, 0.6) is 0 Å². The van der Waals surface area contributed by atoms with Gasteiger partial charge in [0.25, 0.3) is 0 Å². The molecule has 0 aliphatic carbocycles. The number of benzene rings is 2. The average molecular weight is 403 g/mol. The summed E-state index contributed by atoms with van der Waals surface area (Å²) in [5.74, 6) is -0.951. The number of nitrogens with two attached hydrogens (primary N) is 1. The largest absolute Gasteiger partial charge is 0.383 e. The molecule has 6 nitrogen and oxygen atoms in total. The van der Waals surface area contributed by atoms with Crippen LogP contribution in [0.25, 0.3) is 32.9 Å². The van der Waals surface area contributed by atoms with Crippen molar-refractivity contribution in [1.29, 1.82) is 0 Å². The Morgan fingerprint density at radius 3 is 2.52 bits per heavy atom. The summed E-state index contributed by atoms with van der Waals surface area (Å²) in [7, 11) is -3.76. The quantitative estimate of drug-likeness (QED) is 0.514. The van der Waals surface area contributed by atoms with Crippen LogP contribution < -0.4 is 5.73 Å². The predicted molar refractivity (Wildman–Crippen MR) is 103 cm³/mol. The maximum atomic E-state index is 15.3. The fraction of sp³-hybridized carbons (Fsp3) is 0.0556. The number of fused-ring (bicyclic) bond motifs is 2. The van der Waals surface area contributed by atoms with E-state index in [1.165, 1.54) is 6.20 Å². The predicted octanol–water partition coefficient (Wildman–Crippen LogP) is 3.62. The Hall–Kier alpha value is -2.84. The van der Waals surface area contributed by atoms with Crippen LogP contribution in [-0.2, 0) is 9.84 Å². The first-order chi connectivity index (χ1) is 12.8. The fourth-order valence-electron chi connectivity index (χ4n) is 2.90. The molecule has 0 amide bonds. The summed E-state index contributed by atoms with van der Waals surface area (Å²) in [6.45, 7) is 0. The lowest BCUT2D eigenvalue weighted by molar-refractivity contribution is 0.593. The minimum absolute atomic E-state index is 0.00116. The number of nitrogen functional groups attached to an aromatic ring is 1. The van der Waals surface area contributed by atoms with Crippen LogP contribution >= 0.6 is 11.6 Å². The molecular weight excluding hydrogens is 391 g/mol. The SMILES string of the molecule is CS(=O)(=O)c1nc(N)c2cnc(-c3cccc4cccc(Cl)c34)c(F)c2n1. The number of pyridine rings is 1. The molecule has 0 aliphatic heterocycles. The summed E-state index contributed by atoms with van der Waals surface area (Å²) >= 11 is 6.32. The van der Waals surface area contributed by atoms with Crippen molar-refractivity contribution >= 4 is 48.9 Å². The highest BCUT2D eigenvalue weighted by Gasteiger charge is 2.21. The highest BCUT2D eigenvalue weighted by atomic mass is 35.5. The number of hydrogen-bond acceptors (Lipinski definition) is 6. The van der Waals surface area contributed by atoms with Gasteiger partial charge < -0.3 is 5.73 Å². The number of hydrogen-bond donors (Lipinski definition) is 1. The van der Waals surface area contributed by atoms with Gasteiger partial charge >= 0.3 is 0 Å². The summed E-state index contributed by atoms with van der Waals surface area (Å²) < 4.78 is 38.9. The van der Waals surface area contributed by atoms with E-state index in [0.29, 0.717) is 16.0 Å². The summed E-state index contributed by atoms with van der Waals surface area (Å²) in [6, 6.07) is 10.7. The summed E-state index contributed by atoms with van der Waals surface area (Å²) in [4.78, 5) is 11.8. The number of nitrogens with zero attached hydrogens (tertiary/aromatic N) is 3. The van der Waals surface area contributed by atoms with Gasteiger partial charge in [-0.15, -0.1) is 0 Å². The van der Waals surface area contributed by atoms with Crippen molar-refractivity contribution in [3.05, 3.63) is 53.4 Å². The van der Waals surface area contributed by atoms with Gasteiger partial charge in [0, 0.05) is 28.4 Å². The van der Waals surface area contributed by atoms with Crippen molar-refractivity contribution in [2.75, 3.05) is 12.0 Å². The Kier molecular flexibility index (Phi) is 3.97. The Labute approximate surface area is 158 Å². The molecule has 2 heterocycles. The van der Waals surface area contributed by atoms with E-state index in [2.05, 4.69) is 15.0 Å². The standard InChI is InChI=1S/C18H12ClFN4O2S/c1-27(25,26)18-23-16-11(17(21)24-18)8-22-15(14(16)20)10-6-2-4-9-5-3-7-12(19)13(9)10/h2-8H,1H3,(H2,21,23,24). The number of anilines is 1. The molecule has 0 saturated carbocycles. The minimum Gasteiger partial charge on any atom is -0.383 e.